The van der Waals surface area contributed by atoms with Gasteiger partial charge < -0.3 is 19.9 Å². The second-order valence-electron chi connectivity index (χ2n) is 5.67. The molecular formula is C15H31NO4. The Balaban J connectivity index is 4.14. The molecule has 1 amide bonds. The molecule has 0 heterocycles. The number of amides is 1. The standard InChI is InChI=1S/C15H31NO4/c1-6-14(3,19-5)9-11-20-15(4,7-2)8-10-16-13(18)12-17/h17H,6-12H2,1-5H3,(H,16,18). The van der Waals surface area contributed by atoms with Crippen molar-refractivity contribution in [3.05, 3.63) is 0 Å². The second-order valence-corrected chi connectivity index (χ2v) is 5.67. The predicted octanol–water partition coefficient (Wildman–Crippen LogP) is 1.88. The number of nitrogens with one attached hydrogen (secondary N) is 1. The van der Waals surface area contributed by atoms with E-state index in [2.05, 4.69) is 26.1 Å². The summed E-state index contributed by atoms with van der Waals surface area (Å²) in [5.41, 5.74) is -0.398. The Morgan fingerprint density at radius 1 is 1.15 bits per heavy atom. The Morgan fingerprint density at radius 2 is 1.75 bits per heavy atom. The Bertz CT molecular complexity index is 279. The molecule has 0 aliphatic heterocycles. The van der Waals surface area contributed by atoms with Crippen LogP contribution in [0, 0.1) is 0 Å². The molecule has 0 radical (unpaired) electrons. The minimum atomic E-state index is -0.466. The Kier molecular flexibility index (Phi) is 9.01. The van der Waals surface area contributed by atoms with E-state index in [1.165, 1.54) is 0 Å². The Labute approximate surface area is 123 Å². The molecule has 0 saturated carbocycles. The van der Waals surface area contributed by atoms with Gasteiger partial charge in [0.15, 0.2) is 0 Å². The predicted molar refractivity (Wildman–Crippen MR) is 79.7 cm³/mol. The Morgan fingerprint density at radius 3 is 2.20 bits per heavy atom. The van der Waals surface area contributed by atoms with Crippen molar-refractivity contribution in [3.8, 4) is 0 Å². The van der Waals surface area contributed by atoms with Gasteiger partial charge in [-0.25, -0.2) is 0 Å². The van der Waals surface area contributed by atoms with Crippen molar-refractivity contribution in [3.63, 3.8) is 0 Å². The largest absolute Gasteiger partial charge is 0.387 e. The number of hydrogen-bond donors (Lipinski definition) is 2. The van der Waals surface area contributed by atoms with Gasteiger partial charge in [-0.15, -0.1) is 0 Å². The number of rotatable bonds is 11. The minimum Gasteiger partial charge on any atom is -0.387 e. The van der Waals surface area contributed by atoms with E-state index in [9.17, 15) is 4.79 Å². The van der Waals surface area contributed by atoms with E-state index in [1.54, 1.807) is 7.11 Å². The van der Waals surface area contributed by atoms with Crippen LogP contribution < -0.4 is 5.32 Å². The molecule has 0 bridgehead atoms. The summed E-state index contributed by atoms with van der Waals surface area (Å²) in [4.78, 5) is 11.0. The molecule has 2 atom stereocenters. The quantitative estimate of drug-likeness (QED) is 0.609. The van der Waals surface area contributed by atoms with E-state index in [1.807, 2.05) is 6.92 Å². The minimum absolute atomic E-state index is 0.139. The highest BCUT2D eigenvalue weighted by atomic mass is 16.5. The van der Waals surface area contributed by atoms with E-state index in [-0.39, 0.29) is 17.1 Å². The lowest BCUT2D eigenvalue weighted by Crippen LogP contribution is -2.37. The monoisotopic (exact) mass is 289 g/mol. The van der Waals surface area contributed by atoms with Crippen molar-refractivity contribution >= 4 is 5.91 Å². The summed E-state index contributed by atoms with van der Waals surface area (Å²) in [6.07, 6.45) is 3.39. The smallest absolute Gasteiger partial charge is 0.245 e. The zero-order chi connectivity index (χ0) is 15.6. The van der Waals surface area contributed by atoms with E-state index < -0.39 is 6.61 Å². The molecule has 0 fully saturated rings. The molecule has 0 aliphatic rings. The number of aliphatic hydroxyl groups excluding tert-OH is 1. The summed E-state index contributed by atoms with van der Waals surface area (Å²) in [7, 11) is 1.73. The first-order valence-corrected chi connectivity index (χ1v) is 7.41. The summed E-state index contributed by atoms with van der Waals surface area (Å²) < 4.78 is 11.5. The highest BCUT2D eigenvalue weighted by Gasteiger charge is 2.26. The molecule has 5 nitrogen and oxygen atoms in total. The number of carbonyl (C=O) groups is 1. The number of ether oxygens (including phenoxy) is 2. The first kappa shape index (κ1) is 19.4. The SMILES string of the molecule is CCC(C)(CCOC(C)(CC)CCNC(=O)CO)OC. The van der Waals surface area contributed by atoms with Crippen LogP contribution in [0.25, 0.3) is 0 Å². The maximum Gasteiger partial charge on any atom is 0.245 e. The molecule has 0 saturated heterocycles. The van der Waals surface area contributed by atoms with E-state index in [4.69, 9.17) is 14.6 Å². The molecule has 20 heavy (non-hydrogen) atoms. The highest BCUT2D eigenvalue weighted by Crippen LogP contribution is 2.23. The van der Waals surface area contributed by atoms with Crippen molar-refractivity contribution in [1.29, 1.82) is 0 Å². The molecule has 120 valence electrons. The van der Waals surface area contributed by atoms with Crippen molar-refractivity contribution in [1.82, 2.24) is 5.32 Å². The fourth-order valence-corrected chi connectivity index (χ4v) is 1.81. The first-order chi connectivity index (χ1) is 9.34. The Hall–Kier alpha value is -0.650. The topological polar surface area (TPSA) is 67.8 Å². The molecule has 5 heteroatoms. The molecule has 2 N–H and O–H groups in total. The average molecular weight is 289 g/mol. The zero-order valence-corrected chi connectivity index (χ0v) is 13.6. The molecule has 0 rings (SSSR count). The number of methoxy groups -OCH3 is 1. The molecule has 0 aromatic carbocycles. The van der Waals surface area contributed by atoms with Crippen LogP contribution in [0.3, 0.4) is 0 Å². The van der Waals surface area contributed by atoms with Gasteiger partial charge in [0.2, 0.25) is 5.91 Å². The van der Waals surface area contributed by atoms with Crippen LogP contribution in [0.1, 0.15) is 53.4 Å². The second kappa shape index (κ2) is 9.32. The zero-order valence-electron chi connectivity index (χ0n) is 13.6. The molecular weight excluding hydrogens is 258 g/mol. The van der Waals surface area contributed by atoms with Gasteiger partial charge in [0.1, 0.15) is 6.61 Å². The van der Waals surface area contributed by atoms with Crippen LogP contribution >= 0.6 is 0 Å². The van der Waals surface area contributed by atoms with Crippen LogP contribution in [0.5, 0.6) is 0 Å². The normalized spacial score (nSPS) is 17.3. The molecule has 0 spiro atoms. The average Bonchev–Trinajstić information content (AvgIpc) is 2.46. The third-order valence-corrected chi connectivity index (χ3v) is 4.19. The van der Waals surface area contributed by atoms with Crippen molar-refractivity contribution in [2.75, 3.05) is 26.9 Å². The van der Waals surface area contributed by atoms with Gasteiger partial charge in [-0.1, -0.05) is 13.8 Å². The lowest BCUT2D eigenvalue weighted by atomic mass is 9.97. The van der Waals surface area contributed by atoms with Gasteiger partial charge in [0, 0.05) is 13.7 Å². The summed E-state index contributed by atoms with van der Waals surface area (Å²) >= 11 is 0. The summed E-state index contributed by atoms with van der Waals surface area (Å²) in [5.74, 6) is -0.346. The summed E-state index contributed by atoms with van der Waals surface area (Å²) in [6.45, 7) is 8.99. The molecule has 0 aromatic heterocycles. The molecule has 2 unspecified atom stereocenters. The maximum absolute atomic E-state index is 11.0. The van der Waals surface area contributed by atoms with Gasteiger partial charge in [-0.05, 0) is 39.5 Å². The van der Waals surface area contributed by atoms with Gasteiger partial charge in [-0.3, -0.25) is 4.79 Å². The lowest BCUT2D eigenvalue weighted by Gasteiger charge is -2.32. The van der Waals surface area contributed by atoms with Crippen LogP contribution in [-0.4, -0.2) is 49.1 Å². The van der Waals surface area contributed by atoms with Gasteiger partial charge in [0.05, 0.1) is 17.8 Å². The fraction of sp³-hybridized carbons (Fsp3) is 0.933. The third kappa shape index (κ3) is 7.22. The third-order valence-electron chi connectivity index (χ3n) is 4.19. The highest BCUT2D eigenvalue weighted by molar-refractivity contribution is 5.76. The van der Waals surface area contributed by atoms with E-state index in [0.29, 0.717) is 13.2 Å². The van der Waals surface area contributed by atoms with Gasteiger partial charge >= 0.3 is 0 Å². The van der Waals surface area contributed by atoms with E-state index >= 15 is 0 Å². The summed E-state index contributed by atoms with van der Waals surface area (Å²) in [5, 5.41) is 11.3. The van der Waals surface area contributed by atoms with Crippen LogP contribution in [0.15, 0.2) is 0 Å². The van der Waals surface area contributed by atoms with Crippen LogP contribution in [0.4, 0.5) is 0 Å². The summed E-state index contributed by atoms with van der Waals surface area (Å²) in [6, 6.07) is 0. The van der Waals surface area contributed by atoms with Gasteiger partial charge in [-0.2, -0.15) is 0 Å². The fourth-order valence-electron chi connectivity index (χ4n) is 1.81. The van der Waals surface area contributed by atoms with Crippen LogP contribution in [0.2, 0.25) is 0 Å². The number of carbonyl (C=O) groups excluding carboxylic acids is 1. The molecule has 0 aromatic rings. The first-order valence-electron chi connectivity index (χ1n) is 7.41. The van der Waals surface area contributed by atoms with Crippen molar-refractivity contribution < 1.29 is 19.4 Å². The number of aliphatic hydroxyl groups is 1. The lowest BCUT2D eigenvalue weighted by molar-refractivity contribution is -0.124. The van der Waals surface area contributed by atoms with Gasteiger partial charge in [0.25, 0.3) is 0 Å². The number of hydrogen-bond acceptors (Lipinski definition) is 4. The molecule has 0 aliphatic carbocycles. The van der Waals surface area contributed by atoms with Crippen LogP contribution in [-0.2, 0) is 14.3 Å². The van der Waals surface area contributed by atoms with Crippen molar-refractivity contribution in [2.24, 2.45) is 0 Å². The van der Waals surface area contributed by atoms with E-state index in [0.717, 1.165) is 25.7 Å². The van der Waals surface area contributed by atoms with Crippen molar-refractivity contribution in [2.45, 2.75) is 64.6 Å². The maximum atomic E-state index is 11.0.